The molecule has 6 nitrogen and oxygen atoms in total. The first kappa shape index (κ1) is 16.8. The number of piperidine rings is 1. The molecule has 20 heavy (non-hydrogen) atoms. The van der Waals surface area contributed by atoms with Gasteiger partial charge in [-0.05, 0) is 25.7 Å². The van der Waals surface area contributed by atoms with Crippen LogP contribution in [0.3, 0.4) is 0 Å². The second-order valence-corrected chi connectivity index (χ2v) is 5.90. The molecule has 1 heterocycles. The van der Waals surface area contributed by atoms with Crippen LogP contribution in [0.4, 0.5) is 4.79 Å². The Balaban J connectivity index is 2.41. The molecule has 0 aliphatic carbocycles. The van der Waals surface area contributed by atoms with Gasteiger partial charge in [0.2, 0.25) is 5.91 Å². The fraction of sp³-hybridized carbons (Fsp3) is 0.857. The summed E-state index contributed by atoms with van der Waals surface area (Å²) >= 11 is 0. The lowest BCUT2D eigenvalue weighted by molar-refractivity contribution is -0.127. The summed E-state index contributed by atoms with van der Waals surface area (Å²) in [6.07, 6.45) is 1.40. The van der Waals surface area contributed by atoms with Crippen molar-refractivity contribution in [1.82, 2.24) is 15.1 Å². The fourth-order valence-electron chi connectivity index (χ4n) is 2.26. The van der Waals surface area contributed by atoms with Gasteiger partial charge in [0.25, 0.3) is 0 Å². The molecular weight excluding hydrogens is 258 g/mol. The van der Waals surface area contributed by atoms with E-state index >= 15 is 0 Å². The zero-order chi connectivity index (χ0) is 15.3. The van der Waals surface area contributed by atoms with Crippen LogP contribution in [0.1, 0.15) is 26.7 Å². The van der Waals surface area contributed by atoms with Crippen molar-refractivity contribution in [2.75, 3.05) is 33.8 Å². The number of nitrogens with zero attached hydrogens (tertiary/aromatic N) is 2. The quantitative estimate of drug-likeness (QED) is 0.790. The van der Waals surface area contributed by atoms with E-state index in [0.717, 1.165) is 0 Å². The molecule has 0 aromatic carbocycles. The lowest BCUT2D eigenvalue weighted by Crippen LogP contribution is -2.48. The predicted octanol–water partition coefficient (Wildman–Crippen LogP) is 0.513. The second kappa shape index (κ2) is 7.47. The molecule has 1 aliphatic rings. The molecule has 6 heteroatoms. The molecule has 0 radical (unpaired) electrons. The van der Waals surface area contributed by atoms with Crippen LogP contribution in [0.25, 0.3) is 0 Å². The minimum atomic E-state index is -0.0334. The van der Waals surface area contributed by atoms with Gasteiger partial charge < -0.3 is 20.2 Å². The Morgan fingerprint density at radius 3 is 2.30 bits per heavy atom. The summed E-state index contributed by atoms with van der Waals surface area (Å²) in [6.45, 7) is 5.13. The van der Waals surface area contributed by atoms with Crippen LogP contribution in [0, 0.1) is 11.8 Å². The Morgan fingerprint density at radius 2 is 1.85 bits per heavy atom. The number of urea groups is 1. The Kier molecular flexibility index (Phi) is 6.26. The second-order valence-electron chi connectivity index (χ2n) is 5.90. The number of nitrogens with one attached hydrogen (secondary N) is 1. The molecule has 0 aromatic rings. The SMILES string of the molecule is CC(CO)C(C)NC(=O)C1CCN(C(=O)N(C)C)CC1. The van der Waals surface area contributed by atoms with Crippen molar-refractivity contribution >= 4 is 11.9 Å². The molecule has 1 saturated heterocycles. The van der Waals surface area contributed by atoms with Gasteiger partial charge in [0.1, 0.15) is 0 Å². The molecule has 1 rings (SSSR count). The zero-order valence-electron chi connectivity index (χ0n) is 12.9. The zero-order valence-corrected chi connectivity index (χ0v) is 12.9. The first-order chi connectivity index (χ1) is 9.36. The van der Waals surface area contributed by atoms with Crippen LogP contribution >= 0.6 is 0 Å². The summed E-state index contributed by atoms with van der Waals surface area (Å²) in [5.74, 6) is 0.0543. The first-order valence-electron chi connectivity index (χ1n) is 7.24. The number of aliphatic hydroxyl groups excluding tert-OH is 1. The standard InChI is InChI=1S/C14H27N3O3/c1-10(9-18)11(2)15-13(19)12-5-7-17(8-6-12)14(20)16(3)4/h10-12,18H,5-9H2,1-4H3,(H,15,19). The number of hydrogen-bond donors (Lipinski definition) is 2. The Hall–Kier alpha value is -1.30. The predicted molar refractivity (Wildman–Crippen MR) is 77.2 cm³/mol. The fourth-order valence-corrected chi connectivity index (χ4v) is 2.26. The maximum Gasteiger partial charge on any atom is 0.319 e. The molecular formula is C14H27N3O3. The molecule has 0 saturated carbocycles. The maximum absolute atomic E-state index is 12.1. The van der Waals surface area contributed by atoms with E-state index in [0.29, 0.717) is 25.9 Å². The van der Waals surface area contributed by atoms with Gasteiger partial charge in [-0.3, -0.25) is 4.79 Å². The van der Waals surface area contributed by atoms with E-state index in [2.05, 4.69) is 5.32 Å². The summed E-state index contributed by atoms with van der Waals surface area (Å²) in [5, 5.41) is 12.0. The van der Waals surface area contributed by atoms with Crippen LogP contribution < -0.4 is 5.32 Å². The third kappa shape index (κ3) is 4.37. The summed E-state index contributed by atoms with van der Waals surface area (Å²) in [7, 11) is 3.47. The highest BCUT2D eigenvalue weighted by molar-refractivity contribution is 5.79. The highest BCUT2D eigenvalue weighted by atomic mass is 16.3. The van der Waals surface area contributed by atoms with Gasteiger partial charge >= 0.3 is 6.03 Å². The van der Waals surface area contributed by atoms with Crippen molar-refractivity contribution < 1.29 is 14.7 Å². The van der Waals surface area contributed by atoms with Crippen LogP contribution in [0.2, 0.25) is 0 Å². The smallest absolute Gasteiger partial charge is 0.319 e. The van der Waals surface area contributed by atoms with Crippen LogP contribution in [0.15, 0.2) is 0 Å². The molecule has 0 bridgehead atoms. The van der Waals surface area contributed by atoms with E-state index in [9.17, 15) is 9.59 Å². The van der Waals surface area contributed by atoms with Gasteiger partial charge in [-0.25, -0.2) is 4.79 Å². The molecule has 2 atom stereocenters. The maximum atomic E-state index is 12.1. The van der Waals surface area contributed by atoms with Crippen molar-refractivity contribution in [2.45, 2.75) is 32.7 Å². The summed E-state index contributed by atoms with van der Waals surface area (Å²) in [5.41, 5.74) is 0. The molecule has 116 valence electrons. The number of rotatable bonds is 4. The monoisotopic (exact) mass is 285 g/mol. The number of carbonyl (C=O) groups excluding carboxylic acids is 2. The van der Waals surface area contributed by atoms with Crippen molar-refractivity contribution in [3.63, 3.8) is 0 Å². The van der Waals surface area contributed by atoms with E-state index < -0.39 is 0 Å². The Morgan fingerprint density at radius 1 is 1.30 bits per heavy atom. The van der Waals surface area contributed by atoms with Crippen LogP contribution in [-0.4, -0.2) is 66.7 Å². The average Bonchev–Trinajstić information content (AvgIpc) is 2.45. The number of carbonyl (C=O) groups is 2. The molecule has 1 fully saturated rings. The lowest BCUT2D eigenvalue weighted by atomic mass is 9.95. The minimum absolute atomic E-state index is 0.00567. The molecule has 2 N–H and O–H groups in total. The lowest BCUT2D eigenvalue weighted by Gasteiger charge is -2.33. The molecule has 2 unspecified atom stereocenters. The first-order valence-corrected chi connectivity index (χ1v) is 7.24. The van der Waals surface area contributed by atoms with Gasteiger partial charge in [-0.2, -0.15) is 0 Å². The highest BCUT2D eigenvalue weighted by Gasteiger charge is 2.29. The number of likely N-dealkylation sites (tertiary alicyclic amines) is 1. The number of hydrogen-bond acceptors (Lipinski definition) is 3. The highest BCUT2D eigenvalue weighted by Crippen LogP contribution is 2.18. The molecule has 0 spiro atoms. The largest absolute Gasteiger partial charge is 0.396 e. The minimum Gasteiger partial charge on any atom is -0.396 e. The van der Waals surface area contributed by atoms with Gasteiger partial charge in [0, 0.05) is 45.8 Å². The van der Waals surface area contributed by atoms with Gasteiger partial charge in [-0.1, -0.05) is 6.92 Å². The van der Waals surface area contributed by atoms with E-state index in [-0.39, 0.29) is 36.4 Å². The summed E-state index contributed by atoms with van der Waals surface area (Å²) in [6, 6.07) is -0.0277. The molecule has 0 aromatic heterocycles. The molecule has 1 aliphatic heterocycles. The topological polar surface area (TPSA) is 72.9 Å². The Bertz CT molecular complexity index is 339. The van der Waals surface area contributed by atoms with E-state index in [4.69, 9.17) is 5.11 Å². The van der Waals surface area contributed by atoms with Crippen molar-refractivity contribution in [3.8, 4) is 0 Å². The normalized spacial score (nSPS) is 19.4. The van der Waals surface area contributed by atoms with Gasteiger partial charge in [-0.15, -0.1) is 0 Å². The van der Waals surface area contributed by atoms with Gasteiger partial charge in [0.15, 0.2) is 0 Å². The molecule has 3 amide bonds. The Labute approximate surface area is 121 Å². The third-order valence-corrected chi connectivity index (χ3v) is 4.03. The average molecular weight is 285 g/mol. The van der Waals surface area contributed by atoms with Crippen LogP contribution in [-0.2, 0) is 4.79 Å². The summed E-state index contributed by atoms with van der Waals surface area (Å²) < 4.78 is 0. The number of amides is 3. The number of aliphatic hydroxyl groups is 1. The third-order valence-electron chi connectivity index (χ3n) is 4.03. The van der Waals surface area contributed by atoms with Crippen molar-refractivity contribution in [2.24, 2.45) is 11.8 Å². The van der Waals surface area contributed by atoms with Gasteiger partial charge in [0.05, 0.1) is 0 Å². The van der Waals surface area contributed by atoms with Crippen molar-refractivity contribution in [3.05, 3.63) is 0 Å². The van der Waals surface area contributed by atoms with Crippen molar-refractivity contribution in [1.29, 1.82) is 0 Å². The van der Waals surface area contributed by atoms with E-state index in [1.165, 1.54) is 0 Å². The van der Waals surface area contributed by atoms with E-state index in [1.54, 1.807) is 23.9 Å². The van der Waals surface area contributed by atoms with Crippen LogP contribution in [0.5, 0.6) is 0 Å². The summed E-state index contributed by atoms with van der Waals surface area (Å²) in [4.78, 5) is 27.3. The van der Waals surface area contributed by atoms with E-state index in [1.807, 2.05) is 13.8 Å².